The van der Waals surface area contributed by atoms with Crippen molar-refractivity contribution in [3.05, 3.63) is 60.8 Å². The summed E-state index contributed by atoms with van der Waals surface area (Å²) in [5.41, 5.74) is 2.30. The minimum absolute atomic E-state index is 0.178. The predicted octanol–water partition coefficient (Wildman–Crippen LogP) is 3.07. The minimum Gasteiger partial charge on any atom is -0.454 e. The van der Waals surface area contributed by atoms with Crippen LogP contribution >= 0.6 is 0 Å². The number of hydrogen-bond acceptors (Lipinski definition) is 9. The Morgan fingerprint density at radius 3 is 2.74 bits per heavy atom. The molecule has 6 rings (SSSR count). The van der Waals surface area contributed by atoms with Crippen LogP contribution < -0.4 is 20.1 Å². The molecule has 3 aliphatic rings. The first kappa shape index (κ1) is 20.7. The third-order valence-electron chi connectivity index (χ3n) is 5.92. The van der Waals surface area contributed by atoms with E-state index < -0.39 is 12.2 Å². The summed E-state index contributed by atoms with van der Waals surface area (Å²) in [5, 5.41) is 6.02. The first-order chi connectivity index (χ1) is 16.7. The third-order valence-corrected chi connectivity index (χ3v) is 5.92. The molecule has 10 nitrogen and oxygen atoms in total. The number of para-hydroxylation sites is 1. The number of anilines is 2. The van der Waals surface area contributed by atoms with Crippen molar-refractivity contribution in [2.24, 2.45) is 0 Å². The zero-order valence-corrected chi connectivity index (χ0v) is 18.0. The van der Waals surface area contributed by atoms with E-state index in [0.717, 1.165) is 17.0 Å². The molecule has 0 unspecified atom stereocenters. The Hall–Kier alpha value is -3.89. The molecule has 2 aromatic carbocycles. The zero-order chi connectivity index (χ0) is 22.9. The summed E-state index contributed by atoms with van der Waals surface area (Å²) in [7, 11) is 0. The van der Waals surface area contributed by atoms with Gasteiger partial charge in [-0.15, -0.1) is 0 Å². The molecule has 0 bridgehead atoms. The SMILES string of the molecule is O=C(Nc1ccccc1)O[C@@H]1CO[C@H]2[C@@H]1OC[C@@H]2Nc1nccc(-c2ccc3c(c2)OCO3)n1. The van der Waals surface area contributed by atoms with Crippen molar-refractivity contribution in [1.29, 1.82) is 0 Å². The van der Waals surface area contributed by atoms with Gasteiger partial charge >= 0.3 is 6.09 Å². The minimum atomic E-state index is -0.541. The Balaban J connectivity index is 1.09. The second-order valence-electron chi connectivity index (χ2n) is 8.12. The maximum absolute atomic E-state index is 12.3. The molecule has 2 N–H and O–H groups in total. The number of benzene rings is 2. The molecule has 4 atom stereocenters. The number of carbonyl (C=O) groups excluding carboxylic acids is 1. The standard InChI is InChI=1S/C24H22N4O6/c29-24(26-15-4-2-1-3-5-15)34-20-12-31-21-17(11-30-22(20)21)28-23-25-9-8-16(27-23)14-6-7-18-19(10-14)33-13-32-18/h1-10,17,20-22H,11-13H2,(H,26,29)(H,25,27,28)/t17-,20+,21+,22+/m0/s1. The van der Waals surface area contributed by atoms with E-state index >= 15 is 0 Å². The van der Waals surface area contributed by atoms with Gasteiger partial charge in [0, 0.05) is 17.4 Å². The molecule has 0 saturated carbocycles. The van der Waals surface area contributed by atoms with E-state index in [-0.39, 0.29) is 31.6 Å². The van der Waals surface area contributed by atoms with Gasteiger partial charge in [0.1, 0.15) is 12.2 Å². The van der Waals surface area contributed by atoms with Crippen LogP contribution in [0.5, 0.6) is 11.5 Å². The summed E-state index contributed by atoms with van der Waals surface area (Å²) in [4.78, 5) is 21.3. The van der Waals surface area contributed by atoms with Gasteiger partial charge in [-0.25, -0.2) is 14.8 Å². The van der Waals surface area contributed by atoms with Crippen molar-refractivity contribution >= 4 is 17.7 Å². The lowest BCUT2D eigenvalue weighted by Crippen LogP contribution is -2.38. The zero-order valence-electron chi connectivity index (χ0n) is 18.0. The van der Waals surface area contributed by atoms with E-state index in [2.05, 4.69) is 20.6 Å². The lowest BCUT2D eigenvalue weighted by Gasteiger charge is -2.18. The maximum Gasteiger partial charge on any atom is 0.412 e. The number of fused-ring (bicyclic) bond motifs is 2. The van der Waals surface area contributed by atoms with Crippen LogP contribution in [-0.2, 0) is 14.2 Å². The molecule has 4 heterocycles. The molecular formula is C24H22N4O6. The number of rotatable bonds is 5. The third kappa shape index (κ3) is 4.09. The van der Waals surface area contributed by atoms with Crippen LogP contribution in [0.1, 0.15) is 0 Å². The number of hydrogen-bond donors (Lipinski definition) is 2. The smallest absolute Gasteiger partial charge is 0.412 e. The number of amides is 1. The molecule has 3 aromatic rings. The van der Waals surface area contributed by atoms with Gasteiger partial charge < -0.3 is 29.0 Å². The highest BCUT2D eigenvalue weighted by Gasteiger charge is 2.49. The fourth-order valence-corrected chi connectivity index (χ4v) is 4.31. The monoisotopic (exact) mass is 462 g/mol. The van der Waals surface area contributed by atoms with E-state index in [1.807, 2.05) is 42.5 Å². The van der Waals surface area contributed by atoms with Crippen molar-refractivity contribution < 1.29 is 28.5 Å². The van der Waals surface area contributed by atoms with Gasteiger partial charge in [0.05, 0.1) is 24.9 Å². The Morgan fingerprint density at radius 2 is 1.82 bits per heavy atom. The number of aromatic nitrogens is 2. The molecule has 2 fully saturated rings. The average Bonchev–Trinajstić information content (AvgIpc) is 3.58. The van der Waals surface area contributed by atoms with Gasteiger partial charge in [-0.1, -0.05) is 18.2 Å². The Morgan fingerprint density at radius 1 is 0.971 bits per heavy atom. The second kappa shape index (κ2) is 8.81. The lowest BCUT2D eigenvalue weighted by molar-refractivity contribution is 0.00917. The van der Waals surface area contributed by atoms with Gasteiger partial charge in [-0.2, -0.15) is 0 Å². The lowest BCUT2D eigenvalue weighted by atomic mass is 10.1. The molecule has 0 aliphatic carbocycles. The Kier molecular flexibility index (Phi) is 5.36. The van der Waals surface area contributed by atoms with Gasteiger partial charge in [-0.05, 0) is 36.4 Å². The first-order valence-corrected chi connectivity index (χ1v) is 11.0. The van der Waals surface area contributed by atoms with Crippen LogP contribution in [0.2, 0.25) is 0 Å². The fourth-order valence-electron chi connectivity index (χ4n) is 4.31. The maximum atomic E-state index is 12.3. The first-order valence-electron chi connectivity index (χ1n) is 11.0. The van der Waals surface area contributed by atoms with Gasteiger partial charge in [0.15, 0.2) is 17.6 Å². The van der Waals surface area contributed by atoms with Crippen LogP contribution in [0.3, 0.4) is 0 Å². The molecule has 0 spiro atoms. The van der Waals surface area contributed by atoms with Crippen molar-refractivity contribution in [3.63, 3.8) is 0 Å². The normalized spacial score (nSPS) is 24.5. The summed E-state index contributed by atoms with van der Waals surface area (Å²) in [6.07, 6.45) is 0.00253. The molecule has 34 heavy (non-hydrogen) atoms. The fraction of sp³-hybridized carbons (Fsp3) is 0.292. The topological polar surface area (TPSA) is 113 Å². The van der Waals surface area contributed by atoms with Crippen LogP contribution in [0.15, 0.2) is 60.8 Å². The molecule has 174 valence electrons. The van der Waals surface area contributed by atoms with Gasteiger partial charge in [0.25, 0.3) is 0 Å². The van der Waals surface area contributed by atoms with E-state index in [9.17, 15) is 4.79 Å². The van der Waals surface area contributed by atoms with E-state index in [1.165, 1.54) is 0 Å². The molecule has 0 radical (unpaired) electrons. The number of carbonyl (C=O) groups is 1. The second-order valence-corrected chi connectivity index (χ2v) is 8.12. The number of ether oxygens (including phenoxy) is 5. The van der Waals surface area contributed by atoms with Crippen molar-refractivity contribution in [1.82, 2.24) is 9.97 Å². The molecular weight excluding hydrogens is 440 g/mol. The quantitative estimate of drug-likeness (QED) is 0.591. The van der Waals surface area contributed by atoms with Gasteiger partial charge in [-0.3, -0.25) is 5.32 Å². The summed E-state index contributed by atoms with van der Waals surface area (Å²) in [5.74, 6) is 1.87. The molecule has 3 aliphatic heterocycles. The number of nitrogens with one attached hydrogen (secondary N) is 2. The summed E-state index contributed by atoms with van der Waals surface area (Å²) >= 11 is 0. The Labute approximate surface area is 195 Å². The molecule has 2 saturated heterocycles. The highest BCUT2D eigenvalue weighted by atomic mass is 16.7. The molecule has 10 heteroatoms. The van der Waals surface area contributed by atoms with Crippen LogP contribution in [0, 0.1) is 0 Å². The average molecular weight is 462 g/mol. The van der Waals surface area contributed by atoms with E-state index in [4.69, 9.17) is 23.7 Å². The molecule has 1 amide bonds. The highest BCUT2D eigenvalue weighted by molar-refractivity contribution is 5.84. The predicted molar refractivity (Wildman–Crippen MR) is 121 cm³/mol. The molecule has 1 aromatic heterocycles. The van der Waals surface area contributed by atoms with Crippen LogP contribution in [0.25, 0.3) is 11.3 Å². The van der Waals surface area contributed by atoms with Crippen molar-refractivity contribution in [2.75, 3.05) is 30.6 Å². The summed E-state index contributed by atoms with van der Waals surface area (Å²) in [6, 6.07) is 16.5. The van der Waals surface area contributed by atoms with E-state index in [1.54, 1.807) is 18.3 Å². The summed E-state index contributed by atoms with van der Waals surface area (Å²) < 4.78 is 28.2. The van der Waals surface area contributed by atoms with Crippen LogP contribution in [0.4, 0.5) is 16.4 Å². The van der Waals surface area contributed by atoms with E-state index in [0.29, 0.717) is 24.0 Å². The highest BCUT2D eigenvalue weighted by Crippen LogP contribution is 2.36. The summed E-state index contributed by atoms with van der Waals surface area (Å²) in [6.45, 7) is 0.860. The Bertz CT molecular complexity index is 1190. The number of nitrogens with zero attached hydrogens (tertiary/aromatic N) is 2. The van der Waals surface area contributed by atoms with Gasteiger partial charge in [0.2, 0.25) is 12.7 Å². The van der Waals surface area contributed by atoms with Crippen molar-refractivity contribution in [3.8, 4) is 22.8 Å². The van der Waals surface area contributed by atoms with Crippen LogP contribution in [-0.4, -0.2) is 60.4 Å². The largest absolute Gasteiger partial charge is 0.454 e. The van der Waals surface area contributed by atoms with Crippen molar-refractivity contribution in [2.45, 2.75) is 24.4 Å².